The molecule has 1 aromatic carbocycles. The lowest BCUT2D eigenvalue weighted by Gasteiger charge is -2.11. The molecule has 0 aliphatic carbocycles. The lowest BCUT2D eigenvalue weighted by atomic mass is 10.1. The van der Waals surface area contributed by atoms with Crippen LogP contribution in [0, 0.1) is 0 Å². The average Bonchev–Trinajstić information content (AvgIpc) is 2.83. The first-order valence-corrected chi connectivity index (χ1v) is 5.99. The summed E-state index contributed by atoms with van der Waals surface area (Å²) < 4.78 is 0. The highest BCUT2D eigenvalue weighted by molar-refractivity contribution is 5.82. The Bertz CT molecular complexity index is 535. The predicted molar refractivity (Wildman–Crippen MR) is 65.9 cm³/mol. The fraction of sp³-hybridized carbons (Fsp3) is 0.385. The predicted octanol–water partition coefficient (Wildman–Crippen LogP) is 1.63. The van der Waals surface area contributed by atoms with Gasteiger partial charge in [-0.2, -0.15) is 0 Å². The third-order valence-corrected chi connectivity index (χ3v) is 3.30. The van der Waals surface area contributed by atoms with Crippen molar-refractivity contribution in [1.82, 2.24) is 15.3 Å². The molecule has 0 bridgehead atoms. The molecule has 1 atom stereocenters. The Kier molecular flexibility index (Phi) is 2.65. The Hall–Kier alpha value is -1.68. The molecule has 1 unspecified atom stereocenters. The van der Waals surface area contributed by atoms with Crippen molar-refractivity contribution in [3.05, 3.63) is 30.2 Å². The third kappa shape index (κ3) is 2.08. The standard InChI is InChI=1S/C13H15N3O/c17-10-3-4-12-11(7-10)13(16-8-15-12)6-9-2-1-5-14-9/h3-4,7-9,14,17H,1-2,5-6H2. The zero-order valence-electron chi connectivity index (χ0n) is 9.56. The van der Waals surface area contributed by atoms with Crippen LogP contribution in [0.4, 0.5) is 0 Å². The maximum Gasteiger partial charge on any atom is 0.116 e. The first-order chi connectivity index (χ1) is 8.33. The van der Waals surface area contributed by atoms with Gasteiger partial charge < -0.3 is 10.4 Å². The van der Waals surface area contributed by atoms with Gasteiger partial charge in [-0.15, -0.1) is 0 Å². The summed E-state index contributed by atoms with van der Waals surface area (Å²) >= 11 is 0. The smallest absolute Gasteiger partial charge is 0.116 e. The molecule has 2 heterocycles. The number of phenols is 1. The van der Waals surface area contributed by atoms with Gasteiger partial charge in [-0.05, 0) is 37.6 Å². The van der Waals surface area contributed by atoms with E-state index < -0.39 is 0 Å². The first-order valence-electron chi connectivity index (χ1n) is 5.99. The van der Waals surface area contributed by atoms with Crippen LogP contribution in [0.5, 0.6) is 5.75 Å². The fourth-order valence-corrected chi connectivity index (χ4v) is 2.43. The van der Waals surface area contributed by atoms with Gasteiger partial charge in [-0.1, -0.05) is 0 Å². The van der Waals surface area contributed by atoms with Gasteiger partial charge in [-0.25, -0.2) is 9.97 Å². The number of nitrogens with zero attached hydrogens (tertiary/aromatic N) is 2. The molecule has 1 aromatic heterocycles. The molecule has 1 fully saturated rings. The number of fused-ring (bicyclic) bond motifs is 1. The fourth-order valence-electron chi connectivity index (χ4n) is 2.43. The molecular formula is C13H15N3O. The molecule has 3 rings (SSSR count). The van der Waals surface area contributed by atoms with E-state index in [-0.39, 0.29) is 5.75 Å². The summed E-state index contributed by atoms with van der Waals surface area (Å²) in [5.41, 5.74) is 1.91. The van der Waals surface area contributed by atoms with Gasteiger partial charge in [0.1, 0.15) is 12.1 Å². The number of benzene rings is 1. The maximum absolute atomic E-state index is 9.54. The van der Waals surface area contributed by atoms with E-state index in [1.807, 2.05) is 6.07 Å². The lowest BCUT2D eigenvalue weighted by Crippen LogP contribution is -2.24. The largest absolute Gasteiger partial charge is 0.508 e. The Balaban J connectivity index is 1.99. The zero-order chi connectivity index (χ0) is 11.7. The highest BCUT2D eigenvalue weighted by Gasteiger charge is 2.16. The maximum atomic E-state index is 9.54. The van der Waals surface area contributed by atoms with Crippen LogP contribution in [0.25, 0.3) is 10.9 Å². The number of hydrogen-bond donors (Lipinski definition) is 2. The van der Waals surface area contributed by atoms with Crippen molar-refractivity contribution in [2.45, 2.75) is 25.3 Å². The normalized spacial score (nSPS) is 19.9. The van der Waals surface area contributed by atoms with Crippen LogP contribution in [0.2, 0.25) is 0 Å². The molecular weight excluding hydrogens is 214 g/mol. The van der Waals surface area contributed by atoms with E-state index in [2.05, 4.69) is 15.3 Å². The highest BCUT2D eigenvalue weighted by Crippen LogP contribution is 2.22. The summed E-state index contributed by atoms with van der Waals surface area (Å²) in [6.45, 7) is 1.10. The summed E-state index contributed by atoms with van der Waals surface area (Å²) in [5, 5.41) is 14.0. The van der Waals surface area contributed by atoms with Gasteiger partial charge >= 0.3 is 0 Å². The number of phenolic OH excluding ortho intramolecular Hbond substituents is 1. The van der Waals surface area contributed by atoms with Crippen molar-refractivity contribution in [3.63, 3.8) is 0 Å². The molecule has 88 valence electrons. The van der Waals surface area contributed by atoms with E-state index in [0.29, 0.717) is 6.04 Å². The minimum Gasteiger partial charge on any atom is -0.508 e. The number of hydrogen-bond acceptors (Lipinski definition) is 4. The van der Waals surface area contributed by atoms with Crippen molar-refractivity contribution in [1.29, 1.82) is 0 Å². The lowest BCUT2D eigenvalue weighted by molar-refractivity contribution is 0.476. The molecule has 2 aromatic rings. The van der Waals surface area contributed by atoms with Crippen molar-refractivity contribution in [3.8, 4) is 5.75 Å². The Morgan fingerprint density at radius 1 is 1.35 bits per heavy atom. The van der Waals surface area contributed by atoms with Gasteiger partial charge in [0, 0.05) is 17.8 Å². The van der Waals surface area contributed by atoms with Crippen LogP contribution in [0.1, 0.15) is 18.5 Å². The molecule has 0 radical (unpaired) electrons. The second-order valence-electron chi connectivity index (χ2n) is 4.52. The average molecular weight is 229 g/mol. The second-order valence-corrected chi connectivity index (χ2v) is 4.52. The van der Waals surface area contributed by atoms with Crippen molar-refractivity contribution in [2.75, 3.05) is 6.54 Å². The molecule has 0 amide bonds. The van der Waals surface area contributed by atoms with Gasteiger partial charge in [-0.3, -0.25) is 0 Å². The van der Waals surface area contributed by atoms with E-state index in [1.54, 1.807) is 18.5 Å². The molecule has 4 heteroatoms. The van der Waals surface area contributed by atoms with Crippen molar-refractivity contribution < 1.29 is 5.11 Å². The Labute approximate surface area is 99.7 Å². The number of aromatic nitrogens is 2. The van der Waals surface area contributed by atoms with Crippen LogP contribution < -0.4 is 5.32 Å². The van der Waals surface area contributed by atoms with Crippen LogP contribution in [-0.2, 0) is 6.42 Å². The summed E-state index contributed by atoms with van der Waals surface area (Å²) in [6, 6.07) is 5.75. The number of nitrogens with one attached hydrogen (secondary N) is 1. The Morgan fingerprint density at radius 2 is 2.29 bits per heavy atom. The van der Waals surface area contributed by atoms with Crippen LogP contribution in [0.3, 0.4) is 0 Å². The zero-order valence-corrected chi connectivity index (χ0v) is 9.56. The van der Waals surface area contributed by atoms with Crippen molar-refractivity contribution >= 4 is 10.9 Å². The van der Waals surface area contributed by atoms with Crippen molar-refractivity contribution in [2.24, 2.45) is 0 Å². The SMILES string of the molecule is Oc1ccc2ncnc(CC3CCCN3)c2c1. The summed E-state index contributed by atoms with van der Waals surface area (Å²) in [6.07, 6.45) is 4.94. The molecule has 2 N–H and O–H groups in total. The highest BCUT2D eigenvalue weighted by atomic mass is 16.3. The van der Waals surface area contributed by atoms with E-state index in [9.17, 15) is 5.11 Å². The summed E-state index contributed by atoms with van der Waals surface area (Å²) in [7, 11) is 0. The molecule has 1 saturated heterocycles. The molecule has 17 heavy (non-hydrogen) atoms. The van der Waals surface area contributed by atoms with E-state index >= 15 is 0 Å². The molecule has 1 aliphatic rings. The van der Waals surface area contributed by atoms with Crippen LogP contribution in [-0.4, -0.2) is 27.7 Å². The third-order valence-electron chi connectivity index (χ3n) is 3.30. The summed E-state index contributed by atoms with van der Waals surface area (Å²) in [4.78, 5) is 8.56. The second kappa shape index (κ2) is 4.30. The van der Waals surface area contributed by atoms with Gasteiger partial charge in [0.25, 0.3) is 0 Å². The van der Waals surface area contributed by atoms with Gasteiger partial charge in [0.2, 0.25) is 0 Å². The van der Waals surface area contributed by atoms with Crippen LogP contribution in [0.15, 0.2) is 24.5 Å². The molecule has 0 saturated carbocycles. The first kappa shape index (κ1) is 10.5. The quantitative estimate of drug-likeness (QED) is 0.821. The number of rotatable bonds is 2. The van der Waals surface area contributed by atoms with E-state index in [0.717, 1.165) is 29.6 Å². The monoisotopic (exact) mass is 229 g/mol. The molecule has 0 spiro atoms. The van der Waals surface area contributed by atoms with Gasteiger partial charge in [0.15, 0.2) is 0 Å². The Morgan fingerprint density at radius 3 is 3.12 bits per heavy atom. The van der Waals surface area contributed by atoms with Crippen LogP contribution >= 0.6 is 0 Å². The summed E-state index contributed by atoms with van der Waals surface area (Å²) in [5.74, 6) is 0.271. The molecule has 1 aliphatic heterocycles. The molecule has 4 nitrogen and oxygen atoms in total. The van der Waals surface area contributed by atoms with E-state index in [1.165, 1.54) is 12.8 Å². The minimum absolute atomic E-state index is 0.271. The van der Waals surface area contributed by atoms with Gasteiger partial charge in [0.05, 0.1) is 11.2 Å². The minimum atomic E-state index is 0.271. The van der Waals surface area contributed by atoms with E-state index in [4.69, 9.17) is 0 Å². The topological polar surface area (TPSA) is 58.0 Å². The number of aromatic hydroxyl groups is 1.